The van der Waals surface area contributed by atoms with E-state index >= 15 is 0 Å². The van der Waals surface area contributed by atoms with Crippen molar-refractivity contribution in [2.45, 2.75) is 72.0 Å². The van der Waals surface area contributed by atoms with Gasteiger partial charge in [-0.25, -0.2) is 0 Å². The van der Waals surface area contributed by atoms with Gasteiger partial charge in [0, 0.05) is 12.6 Å². The maximum absolute atomic E-state index is 12.8. The molecule has 3 atom stereocenters. The van der Waals surface area contributed by atoms with Crippen molar-refractivity contribution in [2.75, 3.05) is 6.54 Å². The van der Waals surface area contributed by atoms with Crippen LogP contribution in [-0.4, -0.2) is 46.3 Å². The number of nitrogens with zero attached hydrogens (tertiary/aromatic N) is 2. The van der Waals surface area contributed by atoms with Crippen molar-refractivity contribution in [3.63, 3.8) is 0 Å². The van der Waals surface area contributed by atoms with E-state index in [4.69, 9.17) is 0 Å². The molecular weight excluding hydrogens is 252 g/mol. The van der Waals surface area contributed by atoms with Crippen LogP contribution in [0.15, 0.2) is 0 Å². The van der Waals surface area contributed by atoms with Crippen LogP contribution in [0.5, 0.6) is 0 Å². The summed E-state index contributed by atoms with van der Waals surface area (Å²) < 4.78 is 0. The minimum absolute atomic E-state index is 0.140. The van der Waals surface area contributed by atoms with E-state index in [-0.39, 0.29) is 35.9 Å². The van der Waals surface area contributed by atoms with Crippen molar-refractivity contribution < 1.29 is 9.59 Å². The molecule has 2 aliphatic rings. The van der Waals surface area contributed by atoms with Crippen LogP contribution in [0.3, 0.4) is 0 Å². The zero-order valence-electron chi connectivity index (χ0n) is 13.4. The summed E-state index contributed by atoms with van der Waals surface area (Å²) in [7, 11) is 0. The molecule has 3 unspecified atom stereocenters. The van der Waals surface area contributed by atoms with E-state index in [0.717, 1.165) is 25.8 Å². The molecule has 2 rings (SSSR count). The number of carbonyl (C=O) groups is 2. The van der Waals surface area contributed by atoms with Gasteiger partial charge in [-0.05, 0) is 38.0 Å². The molecule has 2 amide bonds. The lowest BCUT2D eigenvalue weighted by Crippen LogP contribution is -2.66. The van der Waals surface area contributed by atoms with Gasteiger partial charge in [0.05, 0.1) is 0 Å². The number of rotatable bonds is 4. The van der Waals surface area contributed by atoms with Gasteiger partial charge in [-0.1, -0.05) is 27.7 Å². The number of hydrogen-bond acceptors (Lipinski definition) is 2. The minimum Gasteiger partial charge on any atom is -0.329 e. The second-order valence-electron chi connectivity index (χ2n) is 7.10. The van der Waals surface area contributed by atoms with Crippen molar-refractivity contribution in [3.8, 4) is 0 Å². The van der Waals surface area contributed by atoms with Crippen LogP contribution < -0.4 is 0 Å². The normalized spacial score (nSPS) is 28.6. The van der Waals surface area contributed by atoms with Gasteiger partial charge in [0.2, 0.25) is 11.8 Å². The molecule has 0 radical (unpaired) electrons. The summed E-state index contributed by atoms with van der Waals surface area (Å²) in [6, 6.07) is -0.320. The first kappa shape index (κ1) is 15.3. The molecule has 0 aliphatic carbocycles. The highest BCUT2D eigenvalue weighted by molar-refractivity contribution is 5.97. The zero-order valence-corrected chi connectivity index (χ0v) is 13.4. The Bertz CT molecular complexity index is 392. The number of carbonyl (C=O) groups excluding carboxylic acids is 2. The Morgan fingerprint density at radius 2 is 1.75 bits per heavy atom. The average Bonchev–Trinajstić information content (AvgIpc) is 2.81. The Hall–Kier alpha value is -1.06. The number of amides is 2. The van der Waals surface area contributed by atoms with E-state index in [0.29, 0.717) is 5.92 Å². The third-order valence-corrected chi connectivity index (χ3v) is 4.55. The SMILES string of the molecule is CC(C)CC(C)N1C(=O)C2CCCN2C(=O)C1C(C)C. The minimum atomic E-state index is -0.273. The smallest absolute Gasteiger partial charge is 0.246 e. The van der Waals surface area contributed by atoms with E-state index in [1.54, 1.807) is 0 Å². The number of hydrogen-bond donors (Lipinski definition) is 0. The fraction of sp³-hybridized carbons (Fsp3) is 0.875. The Balaban J connectivity index is 2.29. The summed E-state index contributed by atoms with van der Waals surface area (Å²) in [5.74, 6) is 1.04. The topological polar surface area (TPSA) is 40.6 Å². The molecule has 0 bridgehead atoms. The van der Waals surface area contributed by atoms with Gasteiger partial charge in [0.25, 0.3) is 0 Å². The summed E-state index contributed by atoms with van der Waals surface area (Å²) in [5, 5.41) is 0. The highest BCUT2D eigenvalue weighted by Crippen LogP contribution is 2.32. The second-order valence-corrected chi connectivity index (χ2v) is 7.10. The van der Waals surface area contributed by atoms with Gasteiger partial charge in [0.15, 0.2) is 0 Å². The van der Waals surface area contributed by atoms with Gasteiger partial charge >= 0.3 is 0 Å². The Kier molecular flexibility index (Phi) is 4.40. The monoisotopic (exact) mass is 280 g/mol. The summed E-state index contributed by atoms with van der Waals surface area (Å²) in [5.41, 5.74) is 0. The highest BCUT2D eigenvalue weighted by Gasteiger charge is 2.49. The summed E-state index contributed by atoms with van der Waals surface area (Å²) in [4.78, 5) is 29.3. The standard InChI is InChI=1S/C16H28N2O2/c1-10(2)9-12(5)18-14(11(3)4)16(20)17-8-6-7-13(17)15(18)19/h10-14H,6-9H2,1-5H3. The van der Waals surface area contributed by atoms with Crippen LogP contribution in [-0.2, 0) is 9.59 Å². The average molecular weight is 280 g/mol. The molecule has 20 heavy (non-hydrogen) atoms. The molecular formula is C16H28N2O2. The predicted octanol–water partition coefficient (Wildman–Crippen LogP) is 2.28. The van der Waals surface area contributed by atoms with Crippen molar-refractivity contribution >= 4 is 11.8 Å². The van der Waals surface area contributed by atoms with E-state index in [1.165, 1.54) is 0 Å². The number of piperazine rings is 1. The summed E-state index contributed by atoms with van der Waals surface area (Å²) in [6.45, 7) is 11.3. The van der Waals surface area contributed by atoms with Gasteiger partial charge in [-0.2, -0.15) is 0 Å². The van der Waals surface area contributed by atoms with Crippen LogP contribution in [0.25, 0.3) is 0 Å². The quantitative estimate of drug-likeness (QED) is 0.792. The van der Waals surface area contributed by atoms with Crippen LogP contribution in [0.2, 0.25) is 0 Å². The highest BCUT2D eigenvalue weighted by atomic mass is 16.2. The first-order valence-corrected chi connectivity index (χ1v) is 7.97. The molecule has 4 heteroatoms. The van der Waals surface area contributed by atoms with Crippen LogP contribution in [0.1, 0.15) is 53.9 Å². The van der Waals surface area contributed by atoms with Crippen LogP contribution in [0, 0.1) is 11.8 Å². The van der Waals surface area contributed by atoms with E-state index in [9.17, 15) is 9.59 Å². The summed E-state index contributed by atoms with van der Waals surface area (Å²) >= 11 is 0. The molecule has 2 heterocycles. The van der Waals surface area contributed by atoms with Gasteiger partial charge < -0.3 is 9.80 Å². The van der Waals surface area contributed by atoms with E-state index in [1.807, 2.05) is 23.6 Å². The van der Waals surface area contributed by atoms with E-state index in [2.05, 4.69) is 20.8 Å². The largest absolute Gasteiger partial charge is 0.329 e. The zero-order chi connectivity index (χ0) is 15.0. The van der Waals surface area contributed by atoms with Gasteiger partial charge in [-0.3, -0.25) is 9.59 Å². The second kappa shape index (κ2) is 5.74. The molecule has 0 saturated carbocycles. The first-order valence-electron chi connectivity index (χ1n) is 7.97. The Labute approximate surface area is 122 Å². The van der Waals surface area contributed by atoms with Crippen LogP contribution in [0.4, 0.5) is 0 Å². The Morgan fingerprint density at radius 1 is 1.10 bits per heavy atom. The third kappa shape index (κ3) is 2.57. The van der Waals surface area contributed by atoms with Crippen molar-refractivity contribution in [2.24, 2.45) is 11.8 Å². The lowest BCUT2D eigenvalue weighted by Gasteiger charge is -2.47. The molecule has 0 aromatic rings. The maximum Gasteiger partial charge on any atom is 0.246 e. The molecule has 114 valence electrons. The van der Waals surface area contributed by atoms with E-state index < -0.39 is 0 Å². The molecule has 2 saturated heterocycles. The fourth-order valence-electron chi connectivity index (χ4n) is 3.78. The van der Waals surface area contributed by atoms with Crippen molar-refractivity contribution in [1.29, 1.82) is 0 Å². The lowest BCUT2D eigenvalue weighted by atomic mass is 9.92. The lowest BCUT2D eigenvalue weighted by molar-refractivity contribution is -0.164. The first-order chi connectivity index (χ1) is 9.34. The molecule has 0 aromatic carbocycles. The predicted molar refractivity (Wildman–Crippen MR) is 79.1 cm³/mol. The fourth-order valence-corrected chi connectivity index (χ4v) is 3.78. The van der Waals surface area contributed by atoms with Crippen LogP contribution >= 0.6 is 0 Å². The molecule has 0 aromatic heterocycles. The van der Waals surface area contributed by atoms with Gasteiger partial charge in [-0.15, -0.1) is 0 Å². The molecule has 0 N–H and O–H groups in total. The molecule has 2 aliphatic heterocycles. The summed E-state index contributed by atoms with van der Waals surface area (Å²) in [6.07, 6.45) is 2.74. The van der Waals surface area contributed by atoms with Crippen molar-refractivity contribution in [3.05, 3.63) is 0 Å². The third-order valence-electron chi connectivity index (χ3n) is 4.55. The maximum atomic E-state index is 12.8. The van der Waals surface area contributed by atoms with Gasteiger partial charge in [0.1, 0.15) is 12.1 Å². The molecule has 2 fully saturated rings. The molecule has 4 nitrogen and oxygen atoms in total. The molecule has 0 spiro atoms. The number of fused-ring (bicyclic) bond motifs is 1. The van der Waals surface area contributed by atoms with Crippen molar-refractivity contribution in [1.82, 2.24) is 9.80 Å². The Morgan fingerprint density at radius 3 is 2.30 bits per heavy atom.